The van der Waals surface area contributed by atoms with Gasteiger partial charge in [0.2, 0.25) is 0 Å². The monoisotopic (exact) mass is 255 g/mol. The van der Waals surface area contributed by atoms with Crippen molar-refractivity contribution < 1.29 is 0 Å². The van der Waals surface area contributed by atoms with Gasteiger partial charge in [-0.25, -0.2) is 0 Å². The van der Waals surface area contributed by atoms with Crippen molar-refractivity contribution in [2.75, 3.05) is 0 Å². The molecular weight excluding hydrogens is 242 g/mol. The van der Waals surface area contributed by atoms with Gasteiger partial charge in [-0.1, -0.05) is 60.1 Å². The van der Waals surface area contributed by atoms with Crippen molar-refractivity contribution >= 4 is 22.5 Å². The van der Waals surface area contributed by atoms with Crippen LogP contribution in [0.25, 0.3) is 10.9 Å². The SMILES string of the molecule is Cc1c(Cl)c2ccccc2n1Cc1ccccc1. The predicted octanol–water partition coefficient (Wildman–Crippen LogP) is 4.65. The van der Waals surface area contributed by atoms with Crippen LogP contribution in [0.5, 0.6) is 0 Å². The van der Waals surface area contributed by atoms with Crippen LogP contribution in [0.3, 0.4) is 0 Å². The fraction of sp³-hybridized carbons (Fsp3) is 0.125. The van der Waals surface area contributed by atoms with E-state index in [1.807, 2.05) is 12.1 Å². The molecule has 3 aromatic rings. The van der Waals surface area contributed by atoms with E-state index in [0.29, 0.717) is 0 Å². The first kappa shape index (κ1) is 11.4. The molecule has 0 fully saturated rings. The number of aromatic nitrogens is 1. The molecule has 0 radical (unpaired) electrons. The number of halogens is 1. The first-order chi connectivity index (χ1) is 8.77. The molecule has 0 spiro atoms. The molecule has 18 heavy (non-hydrogen) atoms. The predicted molar refractivity (Wildman–Crippen MR) is 77.2 cm³/mol. The molecule has 0 aliphatic rings. The van der Waals surface area contributed by atoms with Gasteiger partial charge in [0.1, 0.15) is 0 Å². The van der Waals surface area contributed by atoms with Gasteiger partial charge in [0.25, 0.3) is 0 Å². The number of nitrogens with zero attached hydrogens (tertiary/aromatic N) is 1. The minimum atomic E-state index is 0.861. The molecule has 0 saturated heterocycles. The fourth-order valence-corrected chi connectivity index (χ4v) is 2.62. The molecule has 0 aliphatic heterocycles. The van der Waals surface area contributed by atoms with E-state index in [4.69, 9.17) is 11.6 Å². The highest BCUT2D eigenvalue weighted by Gasteiger charge is 2.11. The first-order valence-electron chi connectivity index (χ1n) is 6.04. The van der Waals surface area contributed by atoms with Gasteiger partial charge in [0.15, 0.2) is 0 Å². The van der Waals surface area contributed by atoms with Crippen LogP contribution in [-0.4, -0.2) is 4.57 Å². The molecule has 0 bridgehead atoms. The number of rotatable bonds is 2. The Morgan fingerprint density at radius 1 is 0.944 bits per heavy atom. The molecule has 90 valence electrons. The second-order valence-electron chi connectivity index (χ2n) is 4.49. The summed E-state index contributed by atoms with van der Waals surface area (Å²) in [6, 6.07) is 18.7. The van der Waals surface area contributed by atoms with Crippen LogP contribution >= 0.6 is 11.6 Å². The van der Waals surface area contributed by atoms with Gasteiger partial charge in [0.05, 0.1) is 10.5 Å². The van der Waals surface area contributed by atoms with Gasteiger partial charge >= 0.3 is 0 Å². The molecule has 0 amide bonds. The zero-order chi connectivity index (χ0) is 12.5. The Labute approximate surface area is 112 Å². The van der Waals surface area contributed by atoms with E-state index >= 15 is 0 Å². The van der Waals surface area contributed by atoms with Crippen LogP contribution in [0, 0.1) is 6.92 Å². The fourth-order valence-electron chi connectivity index (χ4n) is 2.36. The molecule has 0 atom stereocenters. The van der Waals surface area contributed by atoms with Crippen LogP contribution in [0.4, 0.5) is 0 Å². The lowest BCUT2D eigenvalue weighted by molar-refractivity contribution is 0.805. The summed E-state index contributed by atoms with van der Waals surface area (Å²) in [5.41, 5.74) is 3.61. The maximum Gasteiger partial charge on any atom is 0.0691 e. The topological polar surface area (TPSA) is 4.93 Å². The van der Waals surface area contributed by atoms with Gasteiger partial charge in [-0.3, -0.25) is 0 Å². The van der Waals surface area contributed by atoms with Gasteiger partial charge in [-0.05, 0) is 18.6 Å². The highest BCUT2D eigenvalue weighted by atomic mass is 35.5. The lowest BCUT2D eigenvalue weighted by Crippen LogP contribution is -2.01. The van der Waals surface area contributed by atoms with Crippen molar-refractivity contribution in [2.24, 2.45) is 0 Å². The minimum Gasteiger partial charge on any atom is -0.339 e. The molecule has 1 aromatic heterocycles. The zero-order valence-electron chi connectivity index (χ0n) is 10.2. The van der Waals surface area contributed by atoms with Crippen molar-refractivity contribution in [3.63, 3.8) is 0 Å². The Balaban J connectivity index is 2.15. The first-order valence-corrected chi connectivity index (χ1v) is 6.42. The highest BCUT2D eigenvalue weighted by Crippen LogP contribution is 2.30. The number of para-hydroxylation sites is 1. The third kappa shape index (κ3) is 1.81. The summed E-state index contributed by atoms with van der Waals surface area (Å²) < 4.78 is 2.27. The molecule has 0 aliphatic carbocycles. The molecule has 2 heteroatoms. The Morgan fingerprint density at radius 2 is 1.61 bits per heavy atom. The maximum absolute atomic E-state index is 6.39. The third-order valence-corrected chi connectivity index (χ3v) is 3.81. The summed E-state index contributed by atoms with van der Waals surface area (Å²) in [6.45, 7) is 2.94. The Hall–Kier alpha value is -1.73. The van der Waals surface area contributed by atoms with E-state index in [2.05, 4.69) is 54.0 Å². The van der Waals surface area contributed by atoms with Gasteiger partial charge < -0.3 is 4.57 Å². The van der Waals surface area contributed by atoms with Crippen LogP contribution in [0.15, 0.2) is 54.6 Å². The highest BCUT2D eigenvalue weighted by molar-refractivity contribution is 6.36. The molecule has 0 unspecified atom stereocenters. The summed E-state index contributed by atoms with van der Waals surface area (Å²) in [7, 11) is 0. The largest absolute Gasteiger partial charge is 0.339 e. The quantitative estimate of drug-likeness (QED) is 0.628. The second-order valence-corrected chi connectivity index (χ2v) is 4.87. The molecular formula is C16H14ClN. The molecule has 1 heterocycles. The molecule has 0 N–H and O–H groups in total. The zero-order valence-corrected chi connectivity index (χ0v) is 11.0. The Morgan fingerprint density at radius 3 is 2.39 bits per heavy atom. The number of fused-ring (bicyclic) bond motifs is 1. The van der Waals surface area contributed by atoms with Crippen molar-refractivity contribution in [3.8, 4) is 0 Å². The van der Waals surface area contributed by atoms with E-state index in [9.17, 15) is 0 Å². The summed E-state index contributed by atoms with van der Waals surface area (Å²) >= 11 is 6.39. The minimum absolute atomic E-state index is 0.861. The number of hydrogen-bond acceptors (Lipinski definition) is 0. The second kappa shape index (κ2) is 4.51. The van der Waals surface area contributed by atoms with E-state index < -0.39 is 0 Å². The summed E-state index contributed by atoms with van der Waals surface area (Å²) in [5, 5.41) is 1.99. The Bertz CT molecular complexity index is 683. The van der Waals surface area contributed by atoms with Crippen LogP contribution in [-0.2, 0) is 6.54 Å². The lowest BCUT2D eigenvalue weighted by Gasteiger charge is -2.08. The van der Waals surface area contributed by atoms with Crippen molar-refractivity contribution in [1.29, 1.82) is 0 Å². The normalized spacial score (nSPS) is 11.0. The standard InChI is InChI=1S/C16H14ClN/c1-12-16(17)14-9-5-6-10-15(14)18(12)11-13-7-3-2-4-8-13/h2-10H,11H2,1H3. The van der Waals surface area contributed by atoms with E-state index in [0.717, 1.165) is 22.6 Å². The summed E-state index contributed by atoms with van der Waals surface area (Å²) in [6.07, 6.45) is 0. The van der Waals surface area contributed by atoms with Gasteiger partial charge in [-0.2, -0.15) is 0 Å². The number of benzene rings is 2. The molecule has 3 rings (SSSR count). The number of hydrogen-bond donors (Lipinski definition) is 0. The summed E-state index contributed by atoms with van der Waals surface area (Å²) in [5.74, 6) is 0. The Kier molecular flexibility index (Phi) is 2.85. The van der Waals surface area contributed by atoms with Crippen LogP contribution in [0.1, 0.15) is 11.3 Å². The third-order valence-electron chi connectivity index (χ3n) is 3.34. The average Bonchev–Trinajstić information content (AvgIpc) is 2.66. The average molecular weight is 256 g/mol. The van der Waals surface area contributed by atoms with Gasteiger partial charge in [0, 0.05) is 17.6 Å². The van der Waals surface area contributed by atoms with Crippen molar-refractivity contribution in [2.45, 2.75) is 13.5 Å². The lowest BCUT2D eigenvalue weighted by atomic mass is 10.2. The molecule has 0 saturated carbocycles. The molecule has 2 aromatic carbocycles. The van der Waals surface area contributed by atoms with Crippen LogP contribution in [0.2, 0.25) is 5.02 Å². The van der Waals surface area contributed by atoms with Crippen LogP contribution < -0.4 is 0 Å². The van der Waals surface area contributed by atoms with Crippen molar-refractivity contribution in [1.82, 2.24) is 4.57 Å². The smallest absolute Gasteiger partial charge is 0.0691 e. The van der Waals surface area contributed by atoms with E-state index in [1.165, 1.54) is 11.1 Å². The summed E-state index contributed by atoms with van der Waals surface area (Å²) in [4.78, 5) is 0. The van der Waals surface area contributed by atoms with Gasteiger partial charge in [-0.15, -0.1) is 0 Å². The maximum atomic E-state index is 6.39. The molecule has 1 nitrogen and oxygen atoms in total. The van der Waals surface area contributed by atoms with E-state index in [-0.39, 0.29) is 0 Å². The van der Waals surface area contributed by atoms with Crippen molar-refractivity contribution in [3.05, 3.63) is 70.9 Å². The van der Waals surface area contributed by atoms with E-state index in [1.54, 1.807) is 0 Å².